The summed E-state index contributed by atoms with van der Waals surface area (Å²) >= 11 is 0. The molecular formula is C25H27N. The van der Waals surface area contributed by atoms with Crippen molar-refractivity contribution in [3.63, 3.8) is 0 Å². The zero-order valence-corrected chi connectivity index (χ0v) is 16.1. The third kappa shape index (κ3) is 3.23. The van der Waals surface area contributed by atoms with Gasteiger partial charge in [-0.15, -0.1) is 5.92 Å². The fourth-order valence-electron chi connectivity index (χ4n) is 4.17. The Morgan fingerprint density at radius 2 is 1.50 bits per heavy atom. The smallest absolute Gasteiger partial charge is 0.0267 e. The Labute approximate surface area is 158 Å². The molecule has 1 aliphatic rings. The second kappa shape index (κ2) is 7.72. The number of rotatable bonds is 5. The highest BCUT2D eigenvalue weighted by Crippen LogP contribution is 2.51. The minimum absolute atomic E-state index is 0.0100. The van der Waals surface area contributed by atoms with Crippen molar-refractivity contribution < 1.29 is 0 Å². The first-order valence-electron chi connectivity index (χ1n) is 9.58. The minimum Gasteiger partial charge on any atom is -0.359 e. The maximum Gasteiger partial charge on any atom is 0.0267 e. The Hall–Kier alpha value is -2.64. The van der Waals surface area contributed by atoms with E-state index in [2.05, 4.69) is 74.1 Å². The van der Waals surface area contributed by atoms with Crippen LogP contribution in [0.15, 0.2) is 36.4 Å². The molecule has 0 bridgehead atoms. The molecular weight excluding hydrogens is 314 g/mol. The number of nitrogens with two attached hydrogens (primary N) is 1. The van der Waals surface area contributed by atoms with Crippen LogP contribution in [-0.2, 0) is 5.41 Å². The highest BCUT2D eigenvalue weighted by Gasteiger charge is 2.39. The van der Waals surface area contributed by atoms with E-state index in [9.17, 15) is 0 Å². The third-order valence-corrected chi connectivity index (χ3v) is 5.53. The maximum atomic E-state index is 5.45. The van der Waals surface area contributed by atoms with Crippen LogP contribution < -0.4 is 5.73 Å². The molecule has 2 aromatic carbocycles. The average Bonchev–Trinajstić information content (AvgIpc) is 2.88. The molecule has 1 nitrogen and oxygen atoms in total. The molecule has 0 saturated heterocycles. The predicted molar refractivity (Wildman–Crippen MR) is 111 cm³/mol. The molecule has 1 atom stereocenters. The van der Waals surface area contributed by atoms with Crippen LogP contribution in [0, 0.1) is 23.8 Å². The van der Waals surface area contributed by atoms with E-state index in [0.717, 1.165) is 17.5 Å². The lowest BCUT2D eigenvalue weighted by Crippen LogP contribution is -2.21. The summed E-state index contributed by atoms with van der Waals surface area (Å²) in [6, 6.07) is 15.7. The molecule has 0 amide bonds. The van der Waals surface area contributed by atoms with E-state index in [4.69, 9.17) is 5.73 Å². The number of hydrogen-bond acceptors (Lipinski definition) is 1. The maximum absolute atomic E-state index is 5.45. The molecule has 0 radical (unpaired) electrons. The number of benzene rings is 2. The van der Waals surface area contributed by atoms with Crippen LogP contribution in [0.5, 0.6) is 0 Å². The van der Waals surface area contributed by atoms with Gasteiger partial charge in [0, 0.05) is 22.6 Å². The summed E-state index contributed by atoms with van der Waals surface area (Å²) in [7, 11) is 0. The number of unbranched alkanes of at least 4 members (excludes halogenated alkanes) is 3. The summed E-state index contributed by atoms with van der Waals surface area (Å²) in [6.45, 7) is 6.53. The number of hydrogen-bond donors (Lipinski definition) is 1. The number of fused-ring (bicyclic) bond motifs is 3. The van der Waals surface area contributed by atoms with Crippen molar-refractivity contribution in [2.75, 3.05) is 0 Å². The molecule has 26 heavy (non-hydrogen) atoms. The van der Waals surface area contributed by atoms with Crippen molar-refractivity contribution >= 4 is 0 Å². The van der Waals surface area contributed by atoms with E-state index in [1.54, 1.807) is 0 Å². The fourth-order valence-corrected chi connectivity index (χ4v) is 4.17. The van der Waals surface area contributed by atoms with Gasteiger partial charge in [0.15, 0.2) is 0 Å². The van der Waals surface area contributed by atoms with Crippen LogP contribution in [-0.4, -0.2) is 0 Å². The normalized spacial score (nSPS) is 16.7. The SMILES string of the molecule is CC#Cc1ccc2c(c1)C(C)(CCCCCC)c1cc(C#CN)ccc1-2. The Morgan fingerprint density at radius 1 is 0.885 bits per heavy atom. The summed E-state index contributed by atoms with van der Waals surface area (Å²) in [5, 5.41) is 0. The molecule has 1 heteroatoms. The van der Waals surface area contributed by atoms with Gasteiger partial charge < -0.3 is 5.73 Å². The topological polar surface area (TPSA) is 26.0 Å². The quantitative estimate of drug-likeness (QED) is 0.429. The van der Waals surface area contributed by atoms with Crippen LogP contribution in [0.1, 0.15) is 75.1 Å². The van der Waals surface area contributed by atoms with Crippen LogP contribution in [0.3, 0.4) is 0 Å². The molecule has 0 heterocycles. The van der Waals surface area contributed by atoms with Crippen LogP contribution in [0.2, 0.25) is 0 Å². The van der Waals surface area contributed by atoms with Crippen molar-refractivity contribution in [1.29, 1.82) is 0 Å². The molecule has 1 unspecified atom stereocenters. The highest BCUT2D eigenvalue weighted by molar-refractivity contribution is 5.82. The Balaban J connectivity index is 2.10. The van der Waals surface area contributed by atoms with Gasteiger partial charge in [-0.25, -0.2) is 0 Å². The first kappa shape index (κ1) is 18.2. The van der Waals surface area contributed by atoms with Gasteiger partial charge in [-0.3, -0.25) is 0 Å². The van der Waals surface area contributed by atoms with Gasteiger partial charge in [0.05, 0.1) is 0 Å². The van der Waals surface area contributed by atoms with Crippen molar-refractivity contribution in [2.45, 2.75) is 58.3 Å². The molecule has 1 aliphatic carbocycles. The molecule has 3 rings (SSSR count). The summed E-state index contributed by atoms with van der Waals surface area (Å²) in [5.74, 6) is 9.26. The van der Waals surface area contributed by atoms with Gasteiger partial charge in [0.25, 0.3) is 0 Å². The van der Waals surface area contributed by atoms with Gasteiger partial charge in [-0.2, -0.15) is 0 Å². The molecule has 2 N–H and O–H groups in total. The monoisotopic (exact) mass is 341 g/mol. The largest absolute Gasteiger partial charge is 0.359 e. The highest BCUT2D eigenvalue weighted by atomic mass is 14.5. The van der Waals surface area contributed by atoms with E-state index in [0.29, 0.717) is 0 Å². The first-order valence-corrected chi connectivity index (χ1v) is 9.58. The van der Waals surface area contributed by atoms with Crippen molar-refractivity contribution in [2.24, 2.45) is 5.73 Å². The molecule has 0 spiro atoms. The van der Waals surface area contributed by atoms with Crippen LogP contribution in [0.4, 0.5) is 0 Å². The standard InChI is InChI=1S/C25H27N/c1-4-6-7-8-15-25(3)23-17-19(9-5-2)10-12-21(23)22-13-11-20(14-16-26)18-24(22)25/h10-13,17-18H,4,6-8,15,26H2,1-3H3. The zero-order chi connectivity index (χ0) is 18.6. The molecule has 0 aliphatic heterocycles. The van der Waals surface area contributed by atoms with Crippen molar-refractivity contribution in [3.05, 3.63) is 58.7 Å². The summed E-state index contributed by atoms with van der Waals surface area (Å²) in [6.07, 6.45) is 6.23. The van der Waals surface area contributed by atoms with Gasteiger partial charge in [-0.1, -0.05) is 57.6 Å². The summed E-state index contributed by atoms with van der Waals surface area (Å²) < 4.78 is 0. The average molecular weight is 341 g/mol. The van der Waals surface area contributed by atoms with Gasteiger partial charge in [0.1, 0.15) is 0 Å². The van der Waals surface area contributed by atoms with Crippen LogP contribution in [0.25, 0.3) is 11.1 Å². The second-order valence-electron chi connectivity index (χ2n) is 7.31. The third-order valence-electron chi connectivity index (χ3n) is 5.53. The van der Waals surface area contributed by atoms with Crippen molar-refractivity contribution in [1.82, 2.24) is 0 Å². The zero-order valence-electron chi connectivity index (χ0n) is 16.1. The Morgan fingerprint density at radius 3 is 2.04 bits per heavy atom. The van der Waals surface area contributed by atoms with Gasteiger partial charge in [0.2, 0.25) is 0 Å². The second-order valence-corrected chi connectivity index (χ2v) is 7.31. The molecule has 0 aromatic heterocycles. The van der Waals surface area contributed by atoms with Gasteiger partial charge >= 0.3 is 0 Å². The lowest BCUT2D eigenvalue weighted by molar-refractivity contribution is 0.487. The molecule has 0 saturated carbocycles. The van der Waals surface area contributed by atoms with Gasteiger partial charge in [-0.05, 0) is 65.8 Å². The molecule has 132 valence electrons. The van der Waals surface area contributed by atoms with E-state index in [1.807, 2.05) is 6.92 Å². The Kier molecular flexibility index (Phi) is 5.39. The first-order chi connectivity index (χ1) is 12.6. The molecule has 0 fully saturated rings. The summed E-state index contributed by atoms with van der Waals surface area (Å²) in [4.78, 5) is 0. The molecule has 2 aromatic rings. The predicted octanol–water partition coefficient (Wildman–Crippen LogP) is 5.58. The lowest BCUT2D eigenvalue weighted by atomic mass is 9.75. The lowest BCUT2D eigenvalue weighted by Gasteiger charge is -2.28. The van der Waals surface area contributed by atoms with E-state index >= 15 is 0 Å². The van der Waals surface area contributed by atoms with E-state index < -0.39 is 0 Å². The van der Waals surface area contributed by atoms with E-state index in [1.165, 1.54) is 47.9 Å². The van der Waals surface area contributed by atoms with E-state index in [-0.39, 0.29) is 5.41 Å². The van der Waals surface area contributed by atoms with Crippen molar-refractivity contribution in [3.8, 4) is 34.9 Å². The minimum atomic E-state index is 0.0100. The Bertz CT molecular complexity index is 859. The summed E-state index contributed by atoms with van der Waals surface area (Å²) in [5.41, 5.74) is 13.0. The van der Waals surface area contributed by atoms with Crippen LogP contribution >= 0.6 is 0 Å². The fraction of sp³-hybridized carbons (Fsp3) is 0.360.